The molecule has 0 radical (unpaired) electrons. The van der Waals surface area contributed by atoms with Crippen LogP contribution in [0.5, 0.6) is 0 Å². The number of nitro groups is 1. The van der Waals surface area contributed by atoms with E-state index in [1.807, 2.05) is 0 Å². The number of nitro benzene ring substituents is 1. The number of carbonyl (C=O) groups excluding carboxylic acids is 1. The zero-order valence-electron chi connectivity index (χ0n) is 10.9. The molecule has 0 unspecified atom stereocenters. The first-order valence-electron chi connectivity index (χ1n) is 6.48. The molecule has 1 aliphatic carbocycles. The minimum atomic E-state index is -0.545. The van der Waals surface area contributed by atoms with Gasteiger partial charge in [-0.1, -0.05) is 23.3 Å². The Morgan fingerprint density at radius 2 is 2.20 bits per heavy atom. The average Bonchev–Trinajstić information content (AvgIpc) is 2.46. The molecule has 1 aliphatic rings. The smallest absolute Gasteiger partial charge is 0.270 e. The van der Waals surface area contributed by atoms with E-state index in [0.29, 0.717) is 6.54 Å². The van der Waals surface area contributed by atoms with Gasteiger partial charge in [-0.2, -0.15) is 0 Å². The van der Waals surface area contributed by atoms with Crippen LogP contribution in [0.2, 0.25) is 5.02 Å². The van der Waals surface area contributed by atoms with Crippen molar-refractivity contribution in [3.63, 3.8) is 0 Å². The van der Waals surface area contributed by atoms with Crippen molar-refractivity contribution in [3.05, 3.63) is 50.5 Å². The lowest BCUT2D eigenvalue weighted by atomic mass is 9.99. The Balaban J connectivity index is 2.06. The van der Waals surface area contributed by atoms with E-state index in [0.717, 1.165) is 19.3 Å². The molecular formula is C14H15ClN2O3. The monoisotopic (exact) mass is 294 g/mol. The van der Waals surface area contributed by atoms with E-state index in [-0.39, 0.29) is 22.2 Å². The fraction of sp³-hybridized carbons (Fsp3) is 0.357. The Labute approximate surface area is 121 Å². The Kier molecular flexibility index (Phi) is 4.74. The molecule has 5 nitrogen and oxygen atoms in total. The highest BCUT2D eigenvalue weighted by Crippen LogP contribution is 2.22. The van der Waals surface area contributed by atoms with Crippen LogP contribution in [0.1, 0.15) is 36.0 Å². The van der Waals surface area contributed by atoms with Crippen molar-refractivity contribution in [3.8, 4) is 0 Å². The standard InChI is InChI=1S/C14H15ClN2O3/c15-13-7-6-11(17(19)20)8-12(13)14(18)16-9-10-4-2-1-3-5-10/h4,6-8H,1-3,5,9H2,(H,16,18). The van der Waals surface area contributed by atoms with Gasteiger partial charge in [0.15, 0.2) is 0 Å². The number of nitrogens with zero attached hydrogens (tertiary/aromatic N) is 1. The third kappa shape index (κ3) is 3.57. The maximum absolute atomic E-state index is 12.0. The predicted molar refractivity (Wildman–Crippen MR) is 77.0 cm³/mol. The van der Waals surface area contributed by atoms with E-state index in [2.05, 4.69) is 11.4 Å². The molecule has 0 aliphatic heterocycles. The van der Waals surface area contributed by atoms with Crippen molar-refractivity contribution >= 4 is 23.2 Å². The molecule has 0 aromatic heterocycles. The zero-order chi connectivity index (χ0) is 14.5. The maximum Gasteiger partial charge on any atom is 0.270 e. The average molecular weight is 295 g/mol. The Bertz CT molecular complexity index is 570. The molecule has 1 aromatic rings. The van der Waals surface area contributed by atoms with Gasteiger partial charge in [-0.15, -0.1) is 0 Å². The summed E-state index contributed by atoms with van der Waals surface area (Å²) in [4.78, 5) is 22.2. The van der Waals surface area contributed by atoms with Crippen LogP contribution in [0, 0.1) is 10.1 Å². The van der Waals surface area contributed by atoms with Crippen LogP contribution in [0.15, 0.2) is 29.8 Å². The van der Waals surface area contributed by atoms with Crippen LogP contribution >= 0.6 is 11.6 Å². The number of benzene rings is 1. The third-order valence-corrected chi connectivity index (χ3v) is 3.60. The van der Waals surface area contributed by atoms with Crippen molar-refractivity contribution in [1.82, 2.24) is 5.32 Å². The molecule has 0 fully saturated rings. The number of allylic oxidation sites excluding steroid dienone is 1. The summed E-state index contributed by atoms with van der Waals surface area (Å²) in [7, 11) is 0. The van der Waals surface area contributed by atoms with E-state index in [9.17, 15) is 14.9 Å². The lowest BCUT2D eigenvalue weighted by Gasteiger charge is -2.13. The van der Waals surface area contributed by atoms with Crippen LogP contribution in [0.3, 0.4) is 0 Å². The van der Waals surface area contributed by atoms with Crippen molar-refractivity contribution < 1.29 is 9.72 Å². The van der Waals surface area contributed by atoms with Gasteiger partial charge in [0.1, 0.15) is 0 Å². The van der Waals surface area contributed by atoms with E-state index in [1.54, 1.807) is 0 Å². The van der Waals surface area contributed by atoms with Crippen molar-refractivity contribution in [2.24, 2.45) is 0 Å². The first-order valence-corrected chi connectivity index (χ1v) is 6.86. The molecule has 1 aromatic carbocycles. The second-order valence-electron chi connectivity index (χ2n) is 4.71. The van der Waals surface area contributed by atoms with Gasteiger partial charge in [-0.3, -0.25) is 14.9 Å². The lowest BCUT2D eigenvalue weighted by molar-refractivity contribution is -0.384. The summed E-state index contributed by atoms with van der Waals surface area (Å²) in [5.74, 6) is -0.384. The number of carbonyl (C=O) groups is 1. The van der Waals surface area contributed by atoms with E-state index in [1.165, 1.54) is 30.2 Å². The molecule has 0 bridgehead atoms. The molecule has 106 valence electrons. The van der Waals surface area contributed by atoms with Crippen LogP contribution in [-0.2, 0) is 0 Å². The number of halogens is 1. The topological polar surface area (TPSA) is 72.2 Å². The van der Waals surface area contributed by atoms with Crippen LogP contribution in [0.25, 0.3) is 0 Å². The quantitative estimate of drug-likeness (QED) is 0.525. The summed E-state index contributed by atoms with van der Waals surface area (Å²) in [6.07, 6.45) is 6.50. The number of non-ortho nitro benzene ring substituents is 1. The number of hydrogen-bond acceptors (Lipinski definition) is 3. The van der Waals surface area contributed by atoms with Gasteiger partial charge in [-0.25, -0.2) is 0 Å². The molecule has 0 saturated carbocycles. The van der Waals surface area contributed by atoms with E-state index in [4.69, 9.17) is 11.6 Å². The second-order valence-corrected chi connectivity index (χ2v) is 5.12. The van der Waals surface area contributed by atoms with Crippen molar-refractivity contribution in [2.45, 2.75) is 25.7 Å². The minimum Gasteiger partial charge on any atom is -0.348 e. The Morgan fingerprint density at radius 1 is 1.40 bits per heavy atom. The fourth-order valence-electron chi connectivity index (χ4n) is 2.16. The van der Waals surface area contributed by atoms with Gasteiger partial charge < -0.3 is 5.32 Å². The first-order chi connectivity index (χ1) is 9.58. The van der Waals surface area contributed by atoms with Crippen LogP contribution < -0.4 is 5.32 Å². The number of nitrogens with one attached hydrogen (secondary N) is 1. The molecule has 0 heterocycles. The van der Waals surface area contributed by atoms with Gasteiger partial charge in [0.25, 0.3) is 11.6 Å². The maximum atomic E-state index is 12.0. The number of rotatable bonds is 4. The highest BCUT2D eigenvalue weighted by Gasteiger charge is 2.16. The summed E-state index contributed by atoms with van der Waals surface area (Å²) >= 11 is 5.92. The largest absolute Gasteiger partial charge is 0.348 e. The number of hydrogen-bond donors (Lipinski definition) is 1. The Morgan fingerprint density at radius 3 is 2.85 bits per heavy atom. The molecule has 6 heteroatoms. The summed E-state index contributed by atoms with van der Waals surface area (Å²) in [6.45, 7) is 0.470. The van der Waals surface area contributed by atoms with Gasteiger partial charge in [0.05, 0.1) is 15.5 Å². The zero-order valence-corrected chi connectivity index (χ0v) is 11.7. The lowest BCUT2D eigenvalue weighted by Crippen LogP contribution is -2.26. The van der Waals surface area contributed by atoms with Gasteiger partial charge in [-0.05, 0) is 31.7 Å². The molecule has 0 saturated heterocycles. The summed E-state index contributed by atoms with van der Waals surface area (Å²) in [6, 6.07) is 3.85. The predicted octanol–water partition coefficient (Wildman–Crippen LogP) is 3.48. The van der Waals surface area contributed by atoms with Gasteiger partial charge in [0, 0.05) is 18.7 Å². The summed E-state index contributed by atoms with van der Waals surface area (Å²) in [5.41, 5.74) is 1.19. The number of amides is 1. The third-order valence-electron chi connectivity index (χ3n) is 3.27. The van der Waals surface area contributed by atoms with E-state index < -0.39 is 4.92 Å². The second kappa shape index (κ2) is 6.52. The van der Waals surface area contributed by atoms with Crippen molar-refractivity contribution in [1.29, 1.82) is 0 Å². The molecule has 0 spiro atoms. The highest BCUT2D eigenvalue weighted by atomic mass is 35.5. The summed E-state index contributed by atoms with van der Waals surface area (Å²) < 4.78 is 0. The van der Waals surface area contributed by atoms with Crippen LogP contribution in [-0.4, -0.2) is 17.4 Å². The van der Waals surface area contributed by atoms with E-state index >= 15 is 0 Å². The minimum absolute atomic E-state index is 0.136. The molecular weight excluding hydrogens is 280 g/mol. The SMILES string of the molecule is O=C(NCC1=CCCCC1)c1cc([N+](=O)[O-])ccc1Cl. The fourth-order valence-corrected chi connectivity index (χ4v) is 2.36. The van der Waals surface area contributed by atoms with Crippen LogP contribution in [0.4, 0.5) is 5.69 Å². The van der Waals surface area contributed by atoms with Crippen molar-refractivity contribution in [2.75, 3.05) is 6.54 Å². The molecule has 1 amide bonds. The molecule has 1 N–H and O–H groups in total. The normalized spacial score (nSPS) is 14.6. The molecule has 0 atom stereocenters. The summed E-state index contributed by atoms with van der Waals surface area (Å²) in [5, 5.41) is 13.7. The molecule has 2 rings (SSSR count). The Hall–Kier alpha value is -1.88. The molecule has 20 heavy (non-hydrogen) atoms. The van der Waals surface area contributed by atoms with Gasteiger partial charge >= 0.3 is 0 Å². The first kappa shape index (κ1) is 14.5. The highest BCUT2D eigenvalue weighted by molar-refractivity contribution is 6.33. The van der Waals surface area contributed by atoms with Gasteiger partial charge in [0.2, 0.25) is 0 Å².